The number of rotatable bonds is 4. The molecule has 96 valence electrons. The lowest BCUT2D eigenvalue weighted by atomic mass is 9.68. The van der Waals surface area contributed by atoms with E-state index in [0.29, 0.717) is 6.54 Å². The molecule has 4 nitrogen and oxygen atoms in total. The van der Waals surface area contributed by atoms with Crippen LogP contribution in [0.3, 0.4) is 0 Å². The molecule has 3 N–H and O–H groups in total. The van der Waals surface area contributed by atoms with Crippen LogP contribution < -0.4 is 10.5 Å². The monoisotopic (exact) mass is 255 g/mol. The average Bonchev–Trinajstić information content (AvgIpc) is 2.76. The summed E-state index contributed by atoms with van der Waals surface area (Å²) in [5.74, 6) is 1.70. The second-order valence-electron chi connectivity index (χ2n) is 5.40. The molecule has 0 aromatic carbocycles. The normalized spacial score (nSPS) is 37.4. The number of aldehydes is 1. The number of nitrogens with zero attached hydrogens (tertiary/aromatic N) is 1. The Morgan fingerprint density at radius 1 is 1.71 bits per heavy atom. The van der Waals surface area contributed by atoms with Crippen molar-refractivity contribution in [2.75, 3.05) is 6.54 Å². The zero-order valence-electron chi connectivity index (χ0n) is 10.3. The van der Waals surface area contributed by atoms with Gasteiger partial charge in [-0.25, -0.2) is 4.99 Å². The number of carbonyl (C=O) groups is 1. The van der Waals surface area contributed by atoms with Crippen molar-refractivity contribution in [2.24, 2.45) is 22.1 Å². The van der Waals surface area contributed by atoms with Crippen LogP contribution in [0, 0.1) is 11.3 Å². The summed E-state index contributed by atoms with van der Waals surface area (Å²) in [6.07, 6.45) is 6.71. The number of hydrogen-bond acceptors (Lipinski definition) is 5. The average molecular weight is 255 g/mol. The van der Waals surface area contributed by atoms with E-state index in [1.54, 1.807) is 0 Å². The van der Waals surface area contributed by atoms with E-state index in [1.165, 1.54) is 37.6 Å². The lowest BCUT2D eigenvalue weighted by Gasteiger charge is -2.39. The smallest absolute Gasteiger partial charge is 0.171 e. The third-order valence-electron chi connectivity index (χ3n) is 3.86. The summed E-state index contributed by atoms with van der Waals surface area (Å²) in [6.45, 7) is 3.02. The van der Waals surface area contributed by atoms with Crippen molar-refractivity contribution in [2.45, 2.75) is 44.4 Å². The second kappa shape index (κ2) is 5.40. The molecule has 5 heteroatoms. The molecule has 2 aliphatic rings. The Balaban J connectivity index is 2.02. The van der Waals surface area contributed by atoms with Gasteiger partial charge in [-0.1, -0.05) is 19.8 Å². The Bertz CT molecular complexity index is 321. The van der Waals surface area contributed by atoms with Crippen molar-refractivity contribution < 1.29 is 4.79 Å². The van der Waals surface area contributed by atoms with Crippen molar-refractivity contribution in [1.82, 2.24) is 4.72 Å². The molecule has 0 aromatic rings. The number of nitrogens with one attached hydrogen (secondary N) is 1. The lowest BCUT2D eigenvalue weighted by Crippen LogP contribution is -2.38. The van der Waals surface area contributed by atoms with E-state index < -0.39 is 0 Å². The summed E-state index contributed by atoms with van der Waals surface area (Å²) >= 11 is 1.39. The molecular formula is C12H21N3OS. The first-order chi connectivity index (χ1) is 8.17. The number of nitrogens with two attached hydrogens (primary N) is 1. The van der Waals surface area contributed by atoms with Gasteiger partial charge in [-0.05, 0) is 42.7 Å². The number of carbonyl (C=O) groups excluding carboxylic acids is 1. The van der Waals surface area contributed by atoms with Crippen LogP contribution in [-0.4, -0.2) is 24.0 Å². The molecule has 2 rings (SSSR count). The van der Waals surface area contributed by atoms with E-state index in [1.807, 2.05) is 0 Å². The third-order valence-corrected chi connectivity index (χ3v) is 4.67. The quantitative estimate of drug-likeness (QED) is 0.593. The molecular weight excluding hydrogens is 234 g/mol. The van der Waals surface area contributed by atoms with Gasteiger partial charge < -0.3 is 10.5 Å². The summed E-state index contributed by atoms with van der Waals surface area (Å²) in [4.78, 5) is 15.0. The van der Waals surface area contributed by atoms with Crippen LogP contribution in [0.5, 0.6) is 0 Å². The SMILES string of the molecule is CC1CCCC(CN)(CC2=NC(C=O)SN2)C1. The molecule has 1 saturated carbocycles. The van der Waals surface area contributed by atoms with Gasteiger partial charge in [0.1, 0.15) is 5.84 Å². The van der Waals surface area contributed by atoms with E-state index in [4.69, 9.17) is 5.73 Å². The van der Waals surface area contributed by atoms with Gasteiger partial charge in [0.15, 0.2) is 11.7 Å². The fourth-order valence-corrected chi connectivity index (χ4v) is 3.63. The van der Waals surface area contributed by atoms with Gasteiger partial charge in [0, 0.05) is 6.42 Å². The van der Waals surface area contributed by atoms with Crippen molar-refractivity contribution in [3.05, 3.63) is 0 Å². The molecule has 1 aliphatic carbocycles. The van der Waals surface area contributed by atoms with Crippen molar-refractivity contribution in [1.29, 1.82) is 0 Å². The van der Waals surface area contributed by atoms with Crippen LogP contribution in [-0.2, 0) is 4.79 Å². The summed E-state index contributed by atoms with van der Waals surface area (Å²) in [5.41, 5.74) is 6.18. The summed E-state index contributed by atoms with van der Waals surface area (Å²) in [5, 5.41) is -0.263. The molecule has 0 amide bonds. The Morgan fingerprint density at radius 2 is 2.53 bits per heavy atom. The Morgan fingerprint density at radius 3 is 3.12 bits per heavy atom. The summed E-state index contributed by atoms with van der Waals surface area (Å²) in [6, 6.07) is 0. The molecule has 0 bridgehead atoms. The minimum Gasteiger partial charge on any atom is -0.330 e. The molecule has 1 fully saturated rings. The zero-order chi connectivity index (χ0) is 12.3. The molecule has 0 spiro atoms. The van der Waals surface area contributed by atoms with Crippen LogP contribution in [0.25, 0.3) is 0 Å². The van der Waals surface area contributed by atoms with Gasteiger partial charge >= 0.3 is 0 Å². The first kappa shape index (κ1) is 12.9. The van der Waals surface area contributed by atoms with E-state index in [0.717, 1.165) is 24.5 Å². The second-order valence-corrected chi connectivity index (χ2v) is 6.33. The maximum Gasteiger partial charge on any atom is 0.171 e. The Labute approximate surface area is 107 Å². The largest absolute Gasteiger partial charge is 0.330 e. The molecule has 1 heterocycles. The molecule has 3 unspecified atom stereocenters. The minimum absolute atomic E-state index is 0.196. The summed E-state index contributed by atoms with van der Waals surface area (Å²) in [7, 11) is 0. The highest BCUT2D eigenvalue weighted by atomic mass is 32.2. The predicted octanol–water partition coefficient (Wildman–Crippen LogP) is 1.71. The lowest BCUT2D eigenvalue weighted by molar-refractivity contribution is -0.107. The maximum atomic E-state index is 10.7. The standard InChI is InChI=1S/C12H21N3OS/c1-9-3-2-4-12(5-9,8-13)6-10-14-11(7-16)17-15-10/h7,9,11H,2-6,8,13H2,1H3,(H,14,15). The van der Waals surface area contributed by atoms with Gasteiger partial charge in [0.05, 0.1) is 0 Å². The van der Waals surface area contributed by atoms with Crippen LogP contribution in [0.1, 0.15) is 39.0 Å². The highest BCUT2D eigenvalue weighted by Crippen LogP contribution is 2.41. The van der Waals surface area contributed by atoms with Crippen LogP contribution in [0.15, 0.2) is 4.99 Å². The predicted molar refractivity (Wildman–Crippen MR) is 71.8 cm³/mol. The van der Waals surface area contributed by atoms with Crippen molar-refractivity contribution >= 4 is 24.1 Å². The van der Waals surface area contributed by atoms with Crippen LogP contribution >= 0.6 is 11.9 Å². The van der Waals surface area contributed by atoms with E-state index in [-0.39, 0.29) is 10.8 Å². The highest BCUT2D eigenvalue weighted by molar-refractivity contribution is 7.99. The maximum absolute atomic E-state index is 10.7. The molecule has 0 radical (unpaired) electrons. The van der Waals surface area contributed by atoms with Gasteiger partial charge in [0.25, 0.3) is 0 Å². The van der Waals surface area contributed by atoms with Gasteiger partial charge in [-0.15, -0.1) is 0 Å². The highest BCUT2D eigenvalue weighted by Gasteiger charge is 2.36. The van der Waals surface area contributed by atoms with Crippen LogP contribution in [0.2, 0.25) is 0 Å². The first-order valence-corrected chi connectivity index (χ1v) is 7.19. The minimum atomic E-state index is -0.263. The third kappa shape index (κ3) is 3.01. The Hall–Kier alpha value is -0.550. The Kier molecular flexibility index (Phi) is 4.09. The van der Waals surface area contributed by atoms with E-state index >= 15 is 0 Å². The number of amidine groups is 1. The fraction of sp³-hybridized carbons (Fsp3) is 0.833. The number of hydrogen-bond donors (Lipinski definition) is 2. The van der Waals surface area contributed by atoms with Gasteiger partial charge in [-0.3, -0.25) is 4.79 Å². The fourth-order valence-electron chi connectivity index (χ4n) is 3.02. The van der Waals surface area contributed by atoms with Gasteiger partial charge in [0.2, 0.25) is 0 Å². The summed E-state index contributed by atoms with van der Waals surface area (Å²) < 4.78 is 3.16. The molecule has 0 aromatic heterocycles. The van der Waals surface area contributed by atoms with E-state index in [9.17, 15) is 4.79 Å². The van der Waals surface area contributed by atoms with E-state index in [2.05, 4.69) is 16.6 Å². The molecule has 3 atom stereocenters. The molecule has 17 heavy (non-hydrogen) atoms. The first-order valence-electron chi connectivity index (χ1n) is 6.31. The topological polar surface area (TPSA) is 67.5 Å². The zero-order valence-corrected chi connectivity index (χ0v) is 11.1. The molecule has 1 aliphatic heterocycles. The van der Waals surface area contributed by atoms with Crippen LogP contribution in [0.4, 0.5) is 0 Å². The van der Waals surface area contributed by atoms with Crippen molar-refractivity contribution in [3.63, 3.8) is 0 Å². The van der Waals surface area contributed by atoms with Gasteiger partial charge in [-0.2, -0.15) is 0 Å². The number of aliphatic imine (C=N–C) groups is 1. The molecule has 0 saturated heterocycles. The van der Waals surface area contributed by atoms with Crippen molar-refractivity contribution in [3.8, 4) is 0 Å².